The number of nitrogen functional groups attached to an aromatic ring is 1. The topological polar surface area (TPSA) is 66.6 Å². The zero-order valence-electron chi connectivity index (χ0n) is 11.3. The molecule has 110 valence electrons. The normalized spacial score (nSPS) is 10.4. The van der Waals surface area contributed by atoms with Crippen LogP contribution in [0.3, 0.4) is 0 Å². The summed E-state index contributed by atoms with van der Waals surface area (Å²) in [7, 11) is 1.56. The van der Waals surface area contributed by atoms with Gasteiger partial charge in [-0.1, -0.05) is 6.07 Å². The number of carbonyl (C=O) groups is 1. The standard InChI is InChI=1S/C15H14F2N2O2/c1-19(8-11-12(16)3-2-4-13(11)17)14-6-5-9(18)7-10(14)15(20)21/h2-7H,8,18H2,1H3,(H,20,21). The molecule has 0 aliphatic rings. The van der Waals surface area contributed by atoms with Gasteiger partial charge in [0.2, 0.25) is 0 Å². The maximum atomic E-state index is 13.6. The summed E-state index contributed by atoms with van der Waals surface area (Å²) in [4.78, 5) is 12.7. The molecule has 0 saturated carbocycles. The van der Waals surface area contributed by atoms with Crippen LogP contribution >= 0.6 is 0 Å². The first-order valence-electron chi connectivity index (χ1n) is 6.17. The quantitative estimate of drug-likeness (QED) is 0.850. The van der Waals surface area contributed by atoms with E-state index in [2.05, 4.69) is 0 Å². The Hall–Kier alpha value is -2.63. The number of hydrogen-bond acceptors (Lipinski definition) is 3. The van der Waals surface area contributed by atoms with Crippen molar-refractivity contribution in [3.05, 3.63) is 59.2 Å². The van der Waals surface area contributed by atoms with Crippen molar-refractivity contribution < 1.29 is 18.7 Å². The highest BCUT2D eigenvalue weighted by Gasteiger charge is 2.17. The van der Waals surface area contributed by atoms with E-state index >= 15 is 0 Å². The number of halogens is 2. The highest BCUT2D eigenvalue weighted by molar-refractivity contribution is 5.95. The lowest BCUT2D eigenvalue weighted by Crippen LogP contribution is -2.21. The van der Waals surface area contributed by atoms with Gasteiger partial charge in [-0.25, -0.2) is 13.6 Å². The molecule has 3 N–H and O–H groups in total. The van der Waals surface area contributed by atoms with Crippen molar-refractivity contribution in [1.82, 2.24) is 0 Å². The van der Waals surface area contributed by atoms with E-state index in [1.165, 1.54) is 29.2 Å². The molecule has 2 aromatic rings. The summed E-state index contributed by atoms with van der Waals surface area (Å²) in [5.41, 5.74) is 6.07. The number of benzene rings is 2. The molecule has 6 heteroatoms. The van der Waals surface area contributed by atoms with Gasteiger partial charge in [0.05, 0.1) is 11.3 Å². The second-order valence-corrected chi connectivity index (χ2v) is 4.64. The van der Waals surface area contributed by atoms with E-state index < -0.39 is 17.6 Å². The molecule has 0 unspecified atom stereocenters. The molecule has 0 heterocycles. The predicted octanol–water partition coefficient (Wildman–Crippen LogP) is 2.88. The number of anilines is 2. The third kappa shape index (κ3) is 3.10. The lowest BCUT2D eigenvalue weighted by atomic mass is 10.1. The minimum Gasteiger partial charge on any atom is -0.478 e. The number of aromatic carboxylic acids is 1. The third-order valence-electron chi connectivity index (χ3n) is 3.12. The Morgan fingerprint density at radius 2 is 1.86 bits per heavy atom. The summed E-state index contributed by atoms with van der Waals surface area (Å²) in [6, 6.07) is 7.96. The van der Waals surface area contributed by atoms with Crippen LogP contribution in [0.2, 0.25) is 0 Å². The van der Waals surface area contributed by atoms with Crippen molar-refractivity contribution in [1.29, 1.82) is 0 Å². The van der Waals surface area contributed by atoms with E-state index in [0.29, 0.717) is 11.4 Å². The first kappa shape index (κ1) is 14.8. The molecule has 0 atom stereocenters. The highest BCUT2D eigenvalue weighted by Crippen LogP contribution is 2.25. The Kier molecular flexibility index (Phi) is 4.07. The van der Waals surface area contributed by atoms with Crippen molar-refractivity contribution in [2.75, 3.05) is 17.7 Å². The Morgan fingerprint density at radius 1 is 1.24 bits per heavy atom. The molecule has 0 spiro atoms. The Morgan fingerprint density at radius 3 is 2.43 bits per heavy atom. The average Bonchev–Trinajstić information content (AvgIpc) is 2.42. The fraction of sp³-hybridized carbons (Fsp3) is 0.133. The van der Waals surface area contributed by atoms with Gasteiger partial charge < -0.3 is 15.7 Å². The Labute approximate surface area is 120 Å². The van der Waals surface area contributed by atoms with Gasteiger partial charge in [0.1, 0.15) is 11.6 Å². The Balaban J connectivity index is 2.37. The van der Waals surface area contributed by atoms with Crippen molar-refractivity contribution >= 4 is 17.3 Å². The van der Waals surface area contributed by atoms with Crippen molar-refractivity contribution in [3.63, 3.8) is 0 Å². The number of hydrogen-bond donors (Lipinski definition) is 2. The first-order chi connectivity index (χ1) is 9.90. The molecule has 4 nitrogen and oxygen atoms in total. The highest BCUT2D eigenvalue weighted by atomic mass is 19.1. The molecule has 0 bridgehead atoms. The number of carboxylic acids is 1. The van der Waals surface area contributed by atoms with Gasteiger partial charge in [-0.3, -0.25) is 0 Å². The van der Waals surface area contributed by atoms with Crippen LogP contribution in [0.1, 0.15) is 15.9 Å². The summed E-state index contributed by atoms with van der Waals surface area (Å²) >= 11 is 0. The van der Waals surface area contributed by atoms with Crippen LogP contribution in [-0.4, -0.2) is 18.1 Å². The van der Waals surface area contributed by atoms with Crippen LogP contribution in [0.25, 0.3) is 0 Å². The van der Waals surface area contributed by atoms with Crippen LogP contribution in [-0.2, 0) is 6.54 Å². The zero-order valence-corrected chi connectivity index (χ0v) is 11.3. The predicted molar refractivity (Wildman–Crippen MR) is 76.3 cm³/mol. The van der Waals surface area contributed by atoms with Gasteiger partial charge in [0, 0.05) is 24.8 Å². The lowest BCUT2D eigenvalue weighted by molar-refractivity contribution is 0.0697. The van der Waals surface area contributed by atoms with Crippen LogP contribution in [0.15, 0.2) is 36.4 Å². The van der Waals surface area contributed by atoms with Crippen molar-refractivity contribution in [3.8, 4) is 0 Å². The number of nitrogens with zero attached hydrogens (tertiary/aromatic N) is 1. The van der Waals surface area contributed by atoms with Crippen molar-refractivity contribution in [2.24, 2.45) is 0 Å². The summed E-state index contributed by atoms with van der Waals surface area (Å²) in [6.07, 6.45) is 0. The Bertz CT molecular complexity index is 669. The molecule has 0 aliphatic heterocycles. The maximum absolute atomic E-state index is 13.6. The van der Waals surface area contributed by atoms with Gasteiger partial charge in [-0.15, -0.1) is 0 Å². The van der Waals surface area contributed by atoms with Gasteiger partial charge in [-0.2, -0.15) is 0 Å². The van der Waals surface area contributed by atoms with Crippen LogP contribution in [0, 0.1) is 11.6 Å². The molecule has 2 aromatic carbocycles. The second kappa shape index (κ2) is 5.78. The molecule has 0 aliphatic carbocycles. The van der Waals surface area contributed by atoms with Gasteiger partial charge in [0.15, 0.2) is 0 Å². The van der Waals surface area contributed by atoms with Crippen molar-refractivity contribution in [2.45, 2.75) is 6.54 Å². The average molecular weight is 292 g/mol. The summed E-state index contributed by atoms with van der Waals surface area (Å²) in [6.45, 7) is -0.0945. The smallest absolute Gasteiger partial charge is 0.337 e. The van der Waals surface area contributed by atoms with Gasteiger partial charge in [0.25, 0.3) is 0 Å². The molecular formula is C15H14F2N2O2. The van der Waals surface area contributed by atoms with E-state index in [0.717, 1.165) is 12.1 Å². The minimum atomic E-state index is -1.15. The van der Waals surface area contributed by atoms with Gasteiger partial charge in [-0.05, 0) is 30.3 Å². The molecule has 21 heavy (non-hydrogen) atoms. The van der Waals surface area contributed by atoms with Crippen LogP contribution < -0.4 is 10.6 Å². The number of rotatable bonds is 4. The molecule has 0 aromatic heterocycles. The summed E-state index contributed by atoms with van der Waals surface area (Å²) < 4.78 is 27.3. The van der Waals surface area contributed by atoms with Crippen LogP contribution in [0.5, 0.6) is 0 Å². The largest absolute Gasteiger partial charge is 0.478 e. The van der Waals surface area contributed by atoms with Gasteiger partial charge >= 0.3 is 5.97 Å². The molecule has 0 fully saturated rings. The SMILES string of the molecule is CN(Cc1c(F)cccc1F)c1ccc(N)cc1C(=O)O. The second-order valence-electron chi connectivity index (χ2n) is 4.64. The summed E-state index contributed by atoms with van der Waals surface area (Å²) in [5, 5.41) is 9.18. The van der Waals surface area contributed by atoms with E-state index in [9.17, 15) is 18.7 Å². The number of carboxylic acid groups (broad SMARTS) is 1. The minimum absolute atomic E-state index is 0.0192. The maximum Gasteiger partial charge on any atom is 0.337 e. The first-order valence-corrected chi connectivity index (χ1v) is 6.17. The summed E-state index contributed by atoms with van der Waals surface area (Å²) in [5.74, 6) is -2.50. The fourth-order valence-corrected chi connectivity index (χ4v) is 2.06. The number of nitrogens with two attached hydrogens (primary N) is 1. The molecule has 0 saturated heterocycles. The molecule has 0 amide bonds. The van der Waals surface area contributed by atoms with E-state index in [1.807, 2.05) is 0 Å². The van der Waals surface area contributed by atoms with E-state index in [4.69, 9.17) is 5.73 Å². The van der Waals surface area contributed by atoms with Crippen LogP contribution in [0.4, 0.5) is 20.2 Å². The van der Waals surface area contributed by atoms with E-state index in [-0.39, 0.29) is 17.7 Å². The zero-order chi connectivity index (χ0) is 15.6. The molecular weight excluding hydrogens is 278 g/mol. The molecule has 2 rings (SSSR count). The third-order valence-corrected chi connectivity index (χ3v) is 3.12. The molecule has 0 radical (unpaired) electrons. The fourth-order valence-electron chi connectivity index (χ4n) is 2.06. The lowest BCUT2D eigenvalue weighted by Gasteiger charge is -2.22. The van der Waals surface area contributed by atoms with E-state index in [1.54, 1.807) is 7.05 Å². The monoisotopic (exact) mass is 292 g/mol.